The Kier molecular flexibility index (Phi) is 17.6. The molecule has 0 aromatic carbocycles. The van der Waals surface area contributed by atoms with E-state index in [0.29, 0.717) is 0 Å². The first-order valence-electron chi connectivity index (χ1n) is 3.10. The first-order valence-corrected chi connectivity index (χ1v) is 3.10. The molecule has 2 aliphatic rings. The third-order valence-corrected chi connectivity index (χ3v) is 1.81. The van der Waals surface area contributed by atoms with Crippen LogP contribution in [0.15, 0.2) is 4.99 Å². The summed E-state index contributed by atoms with van der Waals surface area (Å²) < 4.78 is 0. The first-order chi connectivity index (χ1) is 3.97. The average molecular weight is 233 g/mol. The number of rotatable bonds is 0. The van der Waals surface area contributed by atoms with Crippen molar-refractivity contribution in [3.05, 3.63) is 36.3 Å². The molecular formula is C10H21CuN2-5. The summed E-state index contributed by atoms with van der Waals surface area (Å²) in [5.74, 6) is 1.99. The number of aliphatic imine (C=N–C) groups is 1. The summed E-state index contributed by atoms with van der Waals surface area (Å²) in [6, 6.07) is 0. The summed E-state index contributed by atoms with van der Waals surface area (Å²) in [7, 11) is 0. The van der Waals surface area contributed by atoms with Crippen LogP contribution in [0, 0.1) is 42.2 Å². The molecule has 0 spiro atoms. The van der Waals surface area contributed by atoms with E-state index in [0.717, 1.165) is 12.5 Å². The second-order valence-electron chi connectivity index (χ2n) is 2.34. The molecule has 0 aromatic rings. The minimum atomic E-state index is 0. The Morgan fingerprint density at radius 2 is 1.85 bits per heavy atom. The van der Waals surface area contributed by atoms with Gasteiger partial charge >= 0.3 is 0 Å². The average Bonchev–Trinajstić information content (AvgIpc) is 2.15. The van der Waals surface area contributed by atoms with Gasteiger partial charge < -0.3 is 40.0 Å². The van der Waals surface area contributed by atoms with E-state index in [2.05, 4.69) is 10.3 Å². The van der Waals surface area contributed by atoms with E-state index < -0.39 is 0 Å². The normalized spacial score (nSPS) is 20.3. The Bertz CT molecular complexity index is 135. The van der Waals surface area contributed by atoms with Crippen molar-refractivity contribution < 1.29 is 17.1 Å². The van der Waals surface area contributed by atoms with Crippen LogP contribution in [-0.4, -0.2) is 12.4 Å². The number of amidine groups is 1. The van der Waals surface area contributed by atoms with Gasteiger partial charge in [0.15, 0.2) is 0 Å². The van der Waals surface area contributed by atoms with Crippen molar-refractivity contribution in [3.8, 4) is 0 Å². The van der Waals surface area contributed by atoms with Crippen LogP contribution in [0.1, 0.15) is 12.8 Å². The maximum atomic E-state index is 4.18. The topological polar surface area (TPSA) is 24.4 Å². The summed E-state index contributed by atoms with van der Waals surface area (Å²) in [4.78, 5) is 4.18. The molecule has 1 unspecified atom stereocenters. The second kappa shape index (κ2) is 9.94. The minimum absolute atomic E-state index is 0. The summed E-state index contributed by atoms with van der Waals surface area (Å²) >= 11 is 0. The Morgan fingerprint density at radius 3 is 2.38 bits per heavy atom. The molecule has 0 amide bonds. The van der Waals surface area contributed by atoms with Gasteiger partial charge in [0, 0.05) is 17.1 Å². The zero-order chi connectivity index (χ0) is 5.40. The van der Waals surface area contributed by atoms with E-state index in [1.165, 1.54) is 18.7 Å². The monoisotopic (exact) mass is 232 g/mol. The number of hydrogen-bond acceptors (Lipinski definition) is 2. The van der Waals surface area contributed by atoms with Crippen LogP contribution in [0.25, 0.3) is 0 Å². The van der Waals surface area contributed by atoms with Crippen LogP contribution in [0.5, 0.6) is 0 Å². The molecule has 13 heavy (non-hydrogen) atoms. The zero-order valence-electron chi connectivity index (χ0n) is 9.02. The molecule has 1 N–H and O–H groups in total. The van der Waals surface area contributed by atoms with Gasteiger partial charge in [0.05, 0.1) is 0 Å². The van der Waals surface area contributed by atoms with E-state index in [1.54, 1.807) is 0 Å². The van der Waals surface area contributed by atoms with Crippen molar-refractivity contribution in [1.82, 2.24) is 5.32 Å². The Morgan fingerprint density at radius 1 is 1.23 bits per heavy atom. The number of fused-ring (bicyclic) bond motifs is 1. The van der Waals surface area contributed by atoms with E-state index in [9.17, 15) is 0 Å². The van der Waals surface area contributed by atoms with Gasteiger partial charge in [0.2, 0.25) is 0 Å². The predicted octanol–water partition coefficient (Wildman–Crippen LogP) is 2.36. The molecular weight excluding hydrogens is 212 g/mol. The van der Waals surface area contributed by atoms with Gasteiger partial charge in [0.25, 0.3) is 0 Å². The second-order valence-corrected chi connectivity index (χ2v) is 2.34. The molecule has 1 fully saturated rings. The Hall–Kier alpha value is -0.141. The largest absolute Gasteiger partial charge is 0.450 e. The van der Waals surface area contributed by atoms with E-state index in [-0.39, 0.29) is 46.8 Å². The van der Waals surface area contributed by atoms with Crippen LogP contribution in [-0.2, 0) is 17.1 Å². The van der Waals surface area contributed by atoms with E-state index in [4.69, 9.17) is 0 Å². The van der Waals surface area contributed by atoms with Crippen molar-refractivity contribution in [3.63, 3.8) is 0 Å². The Labute approximate surface area is 95.1 Å². The minimum Gasteiger partial charge on any atom is -0.450 e. The van der Waals surface area contributed by atoms with Gasteiger partial charge in [-0.25, -0.2) is 0 Å². The number of hydrogen-bond donors (Lipinski definition) is 1. The summed E-state index contributed by atoms with van der Waals surface area (Å²) in [5, 5.41) is 3.24. The molecule has 2 aliphatic heterocycles. The molecule has 2 rings (SSSR count). The molecule has 2 heterocycles. The smallest absolute Gasteiger partial charge is 0 e. The Balaban J connectivity index is -0.0000000810. The van der Waals surface area contributed by atoms with Gasteiger partial charge in [-0.2, -0.15) is 0 Å². The molecule has 1 atom stereocenters. The third kappa shape index (κ3) is 4.58. The standard InChI is InChI=1S/C6H9N2.4CH3.Cu/c1-3-7-6-5(1)2-4-8-6;;;;;/h3,5H,1-2,4H2,(H,7,8);4*1H3;/q5*-1;. The fourth-order valence-electron chi connectivity index (χ4n) is 1.31. The van der Waals surface area contributed by atoms with E-state index in [1.807, 2.05) is 6.54 Å². The fraction of sp³-hybridized carbons (Fsp3) is 0.400. The zero-order valence-corrected chi connectivity index (χ0v) is 9.97. The van der Waals surface area contributed by atoms with Crippen molar-refractivity contribution in [2.75, 3.05) is 6.54 Å². The van der Waals surface area contributed by atoms with Crippen LogP contribution in [0.4, 0.5) is 0 Å². The van der Waals surface area contributed by atoms with Gasteiger partial charge in [0.1, 0.15) is 0 Å². The van der Waals surface area contributed by atoms with Crippen LogP contribution in [0.3, 0.4) is 0 Å². The van der Waals surface area contributed by atoms with Gasteiger partial charge in [-0.3, -0.25) is 0 Å². The maximum absolute atomic E-state index is 4.18. The van der Waals surface area contributed by atoms with Crippen molar-refractivity contribution in [1.29, 1.82) is 0 Å². The van der Waals surface area contributed by atoms with Gasteiger partial charge in [-0.05, 0) is 13.0 Å². The molecule has 3 heteroatoms. The number of nitrogens with zero attached hydrogens (tertiary/aromatic N) is 1. The first kappa shape index (κ1) is 23.0. The molecule has 0 aromatic heterocycles. The third-order valence-electron chi connectivity index (χ3n) is 1.81. The molecule has 1 radical (unpaired) electrons. The molecule has 0 saturated carbocycles. The maximum Gasteiger partial charge on any atom is 0 e. The quantitative estimate of drug-likeness (QED) is 0.503. The summed E-state index contributed by atoms with van der Waals surface area (Å²) in [6.45, 7) is 3.14. The van der Waals surface area contributed by atoms with Crippen LogP contribution < -0.4 is 5.32 Å². The van der Waals surface area contributed by atoms with E-state index >= 15 is 0 Å². The molecule has 2 nitrogen and oxygen atoms in total. The van der Waals surface area contributed by atoms with Crippen LogP contribution >= 0.6 is 0 Å². The van der Waals surface area contributed by atoms with Crippen LogP contribution in [0.2, 0.25) is 0 Å². The van der Waals surface area contributed by atoms with Crippen molar-refractivity contribution in [2.45, 2.75) is 12.8 Å². The summed E-state index contributed by atoms with van der Waals surface area (Å²) in [6.07, 6.45) is 2.46. The number of nitrogens with one attached hydrogen (secondary N) is 1. The fourth-order valence-corrected chi connectivity index (χ4v) is 1.31. The summed E-state index contributed by atoms with van der Waals surface area (Å²) in [5.41, 5.74) is 0. The SMILES string of the molecule is [CH-]1CC2CCNC2=N1.[CH3-].[CH3-].[CH3-].[CH3-].[Cu]. The molecule has 0 bridgehead atoms. The molecule has 0 aliphatic carbocycles. The van der Waals surface area contributed by atoms with Crippen molar-refractivity contribution in [2.24, 2.45) is 10.9 Å². The van der Waals surface area contributed by atoms with Crippen molar-refractivity contribution >= 4 is 5.84 Å². The predicted molar refractivity (Wildman–Crippen MR) is 58.1 cm³/mol. The molecule has 87 valence electrons. The van der Waals surface area contributed by atoms with Gasteiger partial charge in [-0.1, -0.05) is 18.2 Å². The molecule has 1 saturated heterocycles. The van der Waals surface area contributed by atoms with Gasteiger partial charge in [-0.15, -0.1) is 6.54 Å².